The highest BCUT2D eigenvalue weighted by molar-refractivity contribution is 5.27. The second-order valence-corrected chi connectivity index (χ2v) is 4.56. The molecule has 2 atom stereocenters. The van der Waals surface area contributed by atoms with Crippen LogP contribution >= 0.6 is 0 Å². The van der Waals surface area contributed by atoms with Gasteiger partial charge in [0.15, 0.2) is 0 Å². The van der Waals surface area contributed by atoms with E-state index in [0.29, 0.717) is 13.0 Å². The zero-order chi connectivity index (χ0) is 14.5. The van der Waals surface area contributed by atoms with Crippen LogP contribution in [0, 0.1) is 0 Å². The van der Waals surface area contributed by atoms with Crippen LogP contribution < -0.4 is 10.1 Å². The Hall–Kier alpha value is -1.27. The fourth-order valence-electron chi connectivity index (χ4n) is 1.70. The summed E-state index contributed by atoms with van der Waals surface area (Å²) < 4.78 is 39.7. The molecule has 3 nitrogen and oxygen atoms in total. The number of rotatable bonds is 6. The first-order valence-corrected chi connectivity index (χ1v) is 6.02. The average molecular weight is 277 g/mol. The normalized spacial score (nSPS) is 15.1. The van der Waals surface area contributed by atoms with Gasteiger partial charge in [-0.1, -0.05) is 12.1 Å². The van der Waals surface area contributed by atoms with E-state index < -0.39 is 6.36 Å². The monoisotopic (exact) mass is 277 g/mol. The molecular weight excluding hydrogens is 259 g/mol. The van der Waals surface area contributed by atoms with Crippen molar-refractivity contribution in [3.05, 3.63) is 29.8 Å². The van der Waals surface area contributed by atoms with Crippen molar-refractivity contribution in [3.63, 3.8) is 0 Å². The highest BCUT2D eigenvalue weighted by atomic mass is 19.4. The smallest absolute Gasteiger partial charge is 0.406 e. The molecule has 0 aliphatic carbocycles. The predicted molar refractivity (Wildman–Crippen MR) is 65.7 cm³/mol. The quantitative estimate of drug-likeness (QED) is 0.840. The first kappa shape index (κ1) is 15.8. The molecule has 0 heterocycles. The lowest BCUT2D eigenvalue weighted by Gasteiger charge is -2.15. The number of aliphatic hydroxyl groups excluding tert-OH is 1. The number of nitrogens with one attached hydrogen (secondary N) is 1. The molecule has 0 aliphatic heterocycles. The van der Waals surface area contributed by atoms with E-state index in [2.05, 4.69) is 10.1 Å². The van der Waals surface area contributed by atoms with Gasteiger partial charge in [-0.3, -0.25) is 0 Å². The highest BCUT2D eigenvalue weighted by Crippen LogP contribution is 2.22. The third kappa shape index (κ3) is 7.03. The number of aliphatic hydroxyl groups is 1. The van der Waals surface area contributed by atoms with Crippen LogP contribution in [-0.2, 0) is 6.54 Å². The molecule has 0 aromatic heterocycles. The van der Waals surface area contributed by atoms with E-state index in [1.54, 1.807) is 19.1 Å². The average Bonchev–Trinajstić information content (AvgIpc) is 2.25. The minimum absolute atomic E-state index is 0.131. The van der Waals surface area contributed by atoms with E-state index in [1.165, 1.54) is 12.1 Å². The van der Waals surface area contributed by atoms with Crippen LogP contribution in [0.15, 0.2) is 24.3 Å². The molecule has 1 aromatic rings. The summed E-state index contributed by atoms with van der Waals surface area (Å²) in [5.41, 5.74) is 0.854. The van der Waals surface area contributed by atoms with Gasteiger partial charge in [0.2, 0.25) is 0 Å². The summed E-state index contributed by atoms with van der Waals surface area (Å²) in [6.07, 6.45) is -4.43. The molecule has 2 unspecified atom stereocenters. The Morgan fingerprint density at radius 2 is 1.79 bits per heavy atom. The third-order valence-electron chi connectivity index (χ3n) is 2.51. The van der Waals surface area contributed by atoms with Gasteiger partial charge in [-0.2, -0.15) is 0 Å². The largest absolute Gasteiger partial charge is 0.573 e. The zero-order valence-electron chi connectivity index (χ0n) is 10.9. The molecule has 6 heteroatoms. The van der Waals surface area contributed by atoms with Crippen molar-refractivity contribution in [2.24, 2.45) is 0 Å². The number of ether oxygens (including phenoxy) is 1. The number of halogens is 3. The topological polar surface area (TPSA) is 41.5 Å². The van der Waals surface area contributed by atoms with E-state index >= 15 is 0 Å². The Morgan fingerprint density at radius 1 is 1.21 bits per heavy atom. The van der Waals surface area contributed by atoms with Gasteiger partial charge in [0.1, 0.15) is 5.75 Å². The Kier molecular flexibility index (Phi) is 5.62. The molecule has 2 N–H and O–H groups in total. The molecule has 0 aliphatic rings. The molecule has 0 bridgehead atoms. The van der Waals surface area contributed by atoms with E-state index in [9.17, 15) is 18.3 Å². The summed E-state index contributed by atoms with van der Waals surface area (Å²) >= 11 is 0. The van der Waals surface area contributed by atoms with E-state index in [4.69, 9.17) is 0 Å². The number of hydrogen-bond acceptors (Lipinski definition) is 3. The number of benzene rings is 1. The summed E-state index contributed by atoms with van der Waals surface area (Å²) in [6.45, 7) is 4.18. The fourth-order valence-corrected chi connectivity index (χ4v) is 1.70. The maximum absolute atomic E-state index is 12.0. The molecular formula is C13H18F3NO2. The molecule has 0 saturated heterocycles. The van der Waals surface area contributed by atoms with Crippen LogP contribution in [-0.4, -0.2) is 23.6 Å². The van der Waals surface area contributed by atoms with Gasteiger partial charge < -0.3 is 15.2 Å². The van der Waals surface area contributed by atoms with E-state index in [0.717, 1.165) is 5.56 Å². The third-order valence-corrected chi connectivity index (χ3v) is 2.51. The van der Waals surface area contributed by atoms with Crippen molar-refractivity contribution < 1.29 is 23.0 Å². The summed E-state index contributed by atoms with van der Waals surface area (Å²) in [5.74, 6) is -0.228. The van der Waals surface area contributed by atoms with E-state index in [1.807, 2.05) is 6.92 Å². The van der Waals surface area contributed by atoms with Crippen molar-refractivity contribution in [3.8, 4) is 5.75 Å². The van der Waals surface area contributed by atoms with Gasteiger partial charge >= 0.3 is 6.36 Å². The molecule has 0 spiro atoms. The van der Waals surface area contributed by atoms with Gasteiger partial charge in [-0.15, -0.1) is 13.2 Å². The van der Waals surface area contributed by atoms with Crippen molar-refractivity contribution in [2.45, 2.75) is 45.3 Å². The second kappa shape index (κ2) is 6.77. The Bertz CT molecular complexity index is 376. The first-order valence-electron chi connectivity index (χ1n) is 6.02. The van der Waals surface area contributed by atoms with Crippen molar-refractivity contribution in [1.29, 1.82) is 0 Å². The first-order chi connectivity index (χ1) is 8.76. The minimum Gasteiger partial charge on any atom is -0.406 e. The Balaban J connectivity index is 2.44. The molecule has 0 saturated carbocycles. The van der Waals surface area contributed by atoms with Gasteiger partial charge in [-0.25, -0.2) is 0 Å². The van der Waals surface area contributed by atoms with Crippen LogP contribution in [0.3, 0.4) is 0 Å². The van der Waals surface area contributed by atoms with Crippen molar-refractivity contribution in [1.82, 2.24) is 5.32 Å². The van der Waals surface area contributed by atoms with Gasteiger partial charge in [0.05, 0.1) is 6.10 Å². The number of alkyl halides is 3. The van der Waals surface area contributed by atoms with Gasteiger partial charge in [0, 0.05) is 12.6 Å². The van der Waals surface area contributed by atoms with Crippen molar-refractivity contribution in [2.75, 3.05) is 0 Å². The van der Waals surface area contributed by atoms with Gasteiger partial charge in [-0.05, 0) is 38.0 Å². The second-order valence-electron chi connectivity index (χ2n) is 4.56. The standard InChI is InChI=1S/C13H18F3NO2/c1-9(7-10(2)18)17-8-11-3-5-12(6-4-11)19-13(14,15)16/h3-6,9-10,17-18H,7-8H2,1-2H3. The SMILES string of the molecule is CC(O)CC(C)NCc1ccc(OC(F)(F)F)cc1. The molecule has 0 amide bonds. The van der Waals surface area contributed by atoms with Crippen LogP contribution in [0.5, 0.6) is 5.75 Å². The Labute approximate surface area is 110 Å². The minimum atomic E-state index is -4.66. The maximum atomic E-state index is 12.0. The highest BCUT2D eigenvalue weighted by Gasteiger charge is 2.30. The van der Waals surface area contributed by atoms with Gasteiger partial charge in [0.25, 0.3) is 0 Å². The Morgan fingerprint density at radius 3 is 2.26 bits per heavy atom. The van der Waals surface area contributed by atoms with Crippen LogP contribution in [0.1, 0.15) is 25.8 Å². The summed E-state index contributed by atoms with van der Waals surface area (Å²) in [4.78, 5) is 0. The molecule has 1 rings (SSSR count). The van der Waals surface area contributed by atoms with Crippen LogP contribution in [0.2, 0.25) is 0 Å². The van der Waals surface area contributed by atoms with Crippen LogP contribution in [0.4, 0.5) is 13.2 Å². The molecule has 0 fully saturated rings. The molecule has 0 radical (unpaired) electrons. The maximum Gasteiger partial charge on any atom is 0.573 e. The lowest BCUT2D eigenvalue weighted by Crippen LogP contribution is -2.28. The van der Waals surface area contributed by atoms with Crippen LogP contribution in [0.25, 0.3) is 0 Å². The van der Waals surface area contributed by atoms with Crippen molar-refractivity contribution >= 4 is 0 Å². The van der Waals surface area contributed by atoms with E-state index in [-0.39, 0.29) is 17.9 Å². The lowest BCUT2D eigenvalue weighted by molar-refractivity contribution is -0.274. The summed E-state index contributed by atoms with van der Waals surface area (Å²) in [7, 11) is 0. The summed E-state index contributed by atoms with van der Waals surface area (Å²) in [6, 6.07) is 5.84. The molecule has 1 aromatic carbocycles. The fraction of sp³-hybridized carbons (Fsp3) is 0.538. The molecule has 19 heavy (non-hydrogen) atoms. The zero-order valence-corrected chi connectivity index (χ0v) is 10.9. The number of hydrogen-bond donors (Lipinski definition) is 2. The predicted octanol–water partition coefficient (Wildman–Crippen LogP) is 2.83. The molecule has 108 valence electrons. The lowest BCUT2D eigenvalue weighted by atomic mass is 10.1. The summed E-state index contributed by atoms with van der Waals surface area (Å²) in [5, 5.41) is 12.4.